The molecular formula is C31H40BrNO4. The fraction of sp³-hybridized carbons (Fsp3) is 0.516. The normalized spacial score (nSPS) is 25.7. The number of aliphatic hydroxyl groups is 2. The summed E-state index contributed by atoms with van der Waals surface area (Å²) < 4.78 is 6.72. The number of fused-ring (bicyclic) bond motifs is 1. The SMILES string of the molecule is CC(C)CC(Br)=C(O)[C@H]1[C@@H]2C[C@@H](CCOCC(=O)N(Cc3ccccc3)c3ccccc3)C[C@H]2C[C@@H]1O. The first-order chi connectivity index (χ1) is 17.8. The van der Waals surface area contributed by atoms with Gasteiger partial charge in [0.2, 0.25) is 0 Å². The summed E-state index contributed by atoms with van der Waals surface area (Å²) in [5, 5.41) is 21.6. The van der Waals surface area contributed by atoms with Crippen LogP contribution in [0.3, 0.4) is 0 Å². The summed E-state index contributed by atoms with van der Waals surface area (Å²) in [6, 6.07) is 19.7. The molecule has 4 rings (SSSR count). The van der Waals surface area contributed by atoms with Crippen LogP contribution in [0.5, 0.6) is 0 Å². The molecule has 0 aliphatic heterocycles. The first-order valence-electron chi connectivity index (χ1n) is 13.6. The van der Waals surface area contributed by atoms with E-state index in [1.54, 1.807) is 4.90 Å². The van der Waals surface area contributed by atoms with Crippen molar-refractivity contribution < 1.29 is 19.7 Å². The number of halogens is 1. The zero-order chi connectivity index (χ0) is 26.4. The van der Waals surface area contributed by atoms with Crippen molar-refractivity contribution in [3.05, 3.63) is 76.5 Å². The number of carbonyl (C=O) groups is 1. The van der Waals surface area contributed by atoms with E-state index in [4.69, 9.17) is 4.74 Å². The molecule has 2 aromatic rings. The number of benzene rings is 2. The van der Waals surface area contributed by atoms with Crippen molar-refractivity contribution in [3.8, 4) is 0 Å². The third-order valence-electron chi connectivity index (χ3n) is 7.90. The van der Waals surface area contributed by atoms with Gasteiger partial charge in [-0.1, -0.05) is 78.3 Å². The maximum absolute atomic E-state index is 13.1. The van der Waals surface area contributed by atoms with E-state index >= 15 is 0 Å². The quantitative estimate of drug-likeness (QED) is 0.229. The number of para-hydroxylation sites is 1. The average molecular weight is 571 g/mol. The molecule has 2 aliphatic rings. The van der Waals surface area contributed by atoms with E-state index in [0.717, 1.165) is 47.8 Å². The largest absolute Gasteiger partial charge is 0.511 e. The molecule has 2 fully saturated rings. The molecule has 2 saturated carbocycles. The van der Waals surface area contributed by atoms with Crippen LogP contribution in [0.25, 0.3) is 0 Å². The summed E-state index contributed by atoms with van der Waals surface area (Å²) in [4.78, 5) is 14.9. The molecular weight excluding hydrogens is 530 g/mol. The number of allylic oxidation sites excluding steroid dienone is 1. The molecule has 0 heterocycles. The predicted octanol–water partition coefficient (Wildman–Crippen LogP) is 6.86. The highest BCUT2D eigenvalue weighted by Gasteiger charge is 2.49. The van der Waals surface area contributed by atoms with Crippen molar-refractivity contribution in [2.45, 2.75) is 58.6 Å². The monoisotopic (exact) mass is 569 g/mol. The van der Waals surface area contributed by atoms with Crippen molar-refractivity contribution in [1.29, 1.82) is 0 Å². The Morgan fingerprint density at radius 3 is 2.41 bits per heavy atom. The van der Waals surface area contributed by atoms with Crippen LogP contribution in [0.15, 0.2) is 70.9 Å². The van der Waals surface area contributed by atoms with Gasteiger partial charge in [0.15, 0.2) is 0 Å². The third-order valence-corrected chi connectivity index (χ3v) is 8.63. The molecule has 0 unspecified atom stereocenters. The van der Waals surface area contributed by atoms with Crippen LogP contribution in [-0.2, 0) is 16.1 Å². The molecule has 0 aromatic heterocycles. The van der Waals surface area contributed by atoms with Gasteiger partial charge in [-0.2, -0.15) is 0 Å². The fourth-order valence-electron chi connectivity index (χ4n) is 6.18. The Labute approximate surface area is 229 Å². The highest BCUT2D eigenvalue weighted by atomic mass is 79.9. The van der Waals surface area contributed by atoms with E-state index in [9.17, 15) is 15.0 Å². The zero-order valence-corrected chi connectivity index (χ0v) is 23.5. The van der Waals surface area contributed by atoms with Crippen LogP contribution in [0.1, 0.15) is 51.5 Å². The van der Waals surface area contributed by atoms with Gasteiger partial charge in [-0.15, -0.1) is 0 Å². The van der Waals surface area contributed by atoms with Gasteiger partial charge in [-0.25, -0.2) is 0 Å². The molecule has 0 spiro atoms. The average Bonchev–Trinajstić information content (AvgIpc) is 3.41. The van der Waals surface area contributed by atoms with E-state index in [0.29, 0.717) is 42.6 Å². The highest BCUT2D eigenvalue weighted by molar-refractivity contribution is 9.11. The van der Waals surface area contributed by atoms with Crippen LogP contribution in [0.4, 0.5) is 5.69 Å². The number of nitrogens with zero attached hydrogens (tertiary/aromatic N) is 1. The maximum Gasteiger partial charge on any atom is 0.253 e. The number of rotatable bonds is 11. The minimum Gasteiger partial charge on any atom is -0.511 e. The molecule has 2 aliphatic carbocycles. The molecule has 0 saturated heterocycles. The van der Waals surface area contributed by atoms with Gasteiger partial charge in [0.25, 0.3) is 5.91 Å². The summed E-state index contributed by atoms with van der Waals surface area (Å²) in [5.41, 5.74) is 1.94. The van der Waals surface area contributed by atoms with E-state index in [1.807, 2.05) is 60.7 Å². The number of ether oxygens (including phenoxy) is 1. The van der Waals surface area contributed by atoms with Gasteiger partial charge >= 0.3 is 0 Å². The highest BCUT2D eigenvalue weighted by Crippen LogP contribution is 2.53. The van der Waals surface area contributed by atoms with Crippen LogP contribution >= 0.6 is 15.9 Å². The van der Waals surface area contributed by atoms with Gasteiger partial charge in [0.1, 0.15) is 12.4 Å². The fourth-order valence-corrected chi connectivity index (χ4v) is 7.09. The lowest BCUT2D eigenvalue weighted by molar-refractivity contribution is -0.123. The second kappa shape index (κ2) is 13.1. The lowest BCUT2D eigenvalue weighted by Crippen LogP contribution is -2.33. The second-order valence-electron chi connectivity index (χ2n) is 11.1. The zero-order valence-electron chi connectivity index (χ0n) is 21.9. The molecule has 2 aromatic carbocycles. The lowest BCUT2D eigenvalue weighted by Gasteiger charge is -2.24. The Kier molecular flexibility index (Phi) is 9.85. The van der Waals surface area contributed by atoms with E-state index < -0.39 is 6.10 Å². The van der Waals surface area contributed by atoms with Crippen molar-refractivity contribution in [2.75, 3.05) is 18.1 Å². The van der Waals surface area contributed by atoms with Crippen LogP contribution < -0.4 is 4.90 Å². The standard InChI is InChI=1S/C31H40BrNO4/c1-21(2)15-27(32)31(36)30-26-17-23(16-24(26)18-28(30)34)13-14-37-20-29(35)33(25-11-7-4-8-12-25)19-22-9-5-3-6-10-22/h3-12,21,23-24,26,28,30,34,36H,13-20H2,1-2H3/t23-,24-,26+,28-,30-/m0/s1. The molecule has 1 amide bonds. The summed E-state index contributed by atoms with van der Waals surface area (Å²) in [5.74, 6) is 1.79. The topological polar surface area (TPSA) is 70.0 Å². The van der Waals surface area contributed by atoms with Crippen LogP contribution in [0, 0.1) is 29.6 Å². The number of hydrogen-bond acceptors (Lipinski definition) is 4. The first-order valence-corrected chi connectivity index (χ1v) is 14.4. The first kappa shape index (κ1) is 27.9. The molecule has 200 valence electrons. The molecule has 5 nitrogen and oxygen atoms in total. The summed E-state index contributed by atoms with van der Waals surface area (Å²) in [7, 11) is 0. The van der Waals surface area contributed by atoms with Gasteiger partial charge in [0.05, 0.1) is 12.6 Å². The number of hydrogen-bond donors (Lipinski definition) is 2. The molecule has 5 atom stereocenters. The van der Waals surface area contributed by atoms with Crippen molar-refractivity contribution in [1.82, 2.24) is 0 Å². The van der Waals surface area contributed by atoms with Gasteiger partial charge < -0.3 is 19.8 Å². The molecule has 2 N–H and O–H groups in total. The van der Waals surface area contributed by atoms with E-state index in [-0.39, 0.29) is 18.4 Å². The van der Waals surface area contributed by atoms with Gasteiger partial charge in [0, 0.05) is 22.7 Å². The summed E-state index contributed by atoms with van der Waals surface area (Å²) >= 11 is 3.57. The van der Waals surface area contributed by atoms with Crippen molar-refractivity contribution >= 4 is 27.5 Å². The molecule has 0 bridgehead atoms. The van der Waals surface area contributed by atoms with E-state index in [2.05, 4.69) is 29.8 Å². The Bertz CT molecular complexity index is 1040. The predicted molar refractivity (Wildman–Crippen MR) is 151 cm³/mol. The van der Waals surface area contributed by atoms with E-state index in [1.165, 1.54) is 0 Å². The third kappa shape index (κ3) is 7.24. The van der Waals surface area contributed by atoms with Crippen molar-refractivity contribution in [2.24, 2.45) is 29.6 Å². The van der Waals surface area contributed by atoms with Crippen LogP contribution in [-0.4, -0.2) is 35.4 Å². The number of anilines is 1. The maximum atomic E-state index is 13.1. The number of amides is 1. The molecule has 37 heavy (non-hydrogen) atoms. The number of aliphatic hydroxyl groups excluding tert-OH is 2. The number of carbonyl (C=O) groups excluding carboxylic acids is 1. The molecule has 6 heteroatoms. The minimum absolute atomic E-state index is 0.0495. The summed E-state index contributed by atoms with van der Waals surface area (Å²) in [6.45, 7) is 5.34. The second-order valence-corrected chi connectivity index (χ2v) is 12.1. The smallest absolute Gasteiger partial charge is 0.253 e. The Hall–Kier alpha value is -2.15. The molecule has 0 radical (unpaired) electrons. The lowest BCUT2D eigenvalue weighted by atomic mass is 9.87. The van der Waals surface area contributed by atoms with Crippen LogP contribution in [0.2, 0.25) is 0 Å². The minimum atomic E-state index is -0.474. The summed E-state index contributed by atoms with van der Waals surface area (Å²) in [6.07, 6.45) is 3.99. The van der Waals surface area contributed by atoms with Crippen molar-refractivity contribution in [3.63, 3.8) is 0 Å². The van der Waals surface area contributed by atoms with Gasteiger partial charge in [-0.3, -0.25) is 4.79 Å². The Balaban J connectivity index is 1.28. The Morgan fingerprint density at radius 2 is 1.73 bits per heavy atom. The van der Waals surface area contributed by atoms with Gasteiger partial charge in [-0.05, 0) is 73.5 Å². The Morgan fingerprint density at radius 1 is 1.05 bits per heavy atom.